The quantitative estimate of drug-likeness (QED) is 0.907. The van der Waals surface area contributed by atoms with Crippen LogP contribution in [0.3, 0.4) is 0 Å². The van der Waals surface area contributed by atoms with Crippen LogP contribution in [0.5, 0.6) is 0 Å². The highest BCUT2D eigenvalue weighted by Gasteiger charge is 2.39. The zero-order valence-electron chi connectivity index (χ0n) is 11.5. The third kappa shape index (κ3) is 2.86. The number of carbonyl (C=O) groups excluding carboxylic acids is 1. The highest BCUT2D eigenvalue weighted by atomic mass is 19.1. The number of aromatic nitrogens is 1. The van der Waals surface area contributed by atoms with Crippen LogP contribution in [0.1, 0.15) is 34.0 Å². The maximum Gasteiger partial charge on any atom is 0.260 e. The number of aromatic amines is 1. The summed E-state index contributed by atoms with van der Waals surface area (Å²) in [6, 6.07) is 9.54. The number of H-pyrrole nitrogens is 1. The van der Waals surface area contributed by atoms with Gasteiger partial charge >= 0.3 is 0 Å². The Bertz CT molecular complexity index is 754. The average molecular weight is 286 g/mol. The Morgan fingerprint density at radius 3 is 2.86 bits per heavy atom. The Hall–Kier alpha value is -2.43. The van der Waals surface area contributed by atoms with E-state index in [1.54, 1.807) is 19.1 Å². The molecule has 4 nitrogen and oxygen atoms in total. The predicted molar refractivity (Wildman–Crippen MR) is 76.8 cm³/mol. The molecule has 1 amide bonds. The van der Waals surface area contributed by atoms with Crippen molar-refractivity contribution in [1.29, 1.82) is 0 Å². The second kappa shape index (κ2) is 5.16. The van der Waals surface area contributed by atoms with Gasteiger partial charge in [0.05, 0.1) is 0 Å². The van der Waals surface area contributed by atoms with Gasteiger partial charge in [-0.15, -0.1) is 0 Å². The summed E-state index contributed by atoms with van der Waals surface area (Å²) in [6.45, 7) is 1.75. The minimum Gasteiger partial charge on any atom is -0.348 e. The first-order valence-corrected chi connectivity index (χ1v) is 6.81. The van der Waals surface area contributed by atoms with E-state index < -0.39 is 5.56 Å². The normalized spacial score (nSPS) is 20.1. The summed E-state index contributed by atoms with van der Waals surface area (Å²) in [5.74, 6) is -0.547. The zero-order chi connectivity index (χ0) is 15.0. The van der Waals surface area contributed by atoms with E-state index in [-0.39, 0.29) is 29.2 Å². The summed E-state index contributed by atoms with van der Waals surface area (Å²) in [6.07, 6.45) is 0.763. The SMILES string of the molecule is Cc1ccc(C(=O)N[C@@H]2C[C@H]2c2cccc(F)c2)c(=O)[nH]1. The molecule has 1 saturated carbocycles. The topological polar surface area (TPSA) is 62.0 Å². The van der Waals surface area contributed by atoms with Gasteiger partial charge in [-0.05, 0) is 43.2 Å². The van der Waals surface area contributed by atoms with E-state index in [1.807, 2.05) is 6.07 Å². The lowest BCUT2D eigenvalue weighted by Gasteiger charge is -2.05. The number of amides is 1. The van der Waals surface area contributed by atoms with Crippen LogP contribution >= 0.6 is 0 Å². The minimum atomic E-state index is -0.393. The zero-order valence-corrected chi connectivity index (χ0v) is 11.5. The fraction of sp³-hybridized carbons (Fsp3) is 0.250. The second-order valence-corrected chi connectivity index (χ2v) is 5.36. The molecule has 0 saturated heterocycles. The molecule has 1 aliphatic carbocycles. The highest BCUT2D eigenvalue weighted by molar-refractivity contribution is 5.94. The summed E-state index contributed by atoms with van der Waals surface area (Å²) in [4.78, 5) is 26.4. The lowest BCUT2D eigenvalue weighted by atomic mass is 10.1. The maximum atomic E-state index is 13.2. The van der Waals surface area contributed by atoms with Crippen molar-refractivity contribution in [2.24, 2.45) is 0 Å². The highest BCUT2D eigenvalue weighted by Crippen LogP contribution is 2.40. The Morgan fingerprint density at radius 1 is 1.33 bits per heavy atom. The molecular weight excluding hydrogens is 271 g/mol. The number of hydrogen-bond donors (Lipinski definition) is 2. The molecule has 1 heterocycles. The molecule has 21 heavy (non-hydrogen) atoms. The first kappa shape index (κ1) is 13.5. The molecule has 0 unspecified atom stereocenters. The molecule has 5 heteroatoms. The number of aryl methyl sites for hydroxylation is 1. The van der Waals surface area contributed by atoms with Gasteiger partial charge in [0, 0.05) is 17.7 Å². The molecular formula is C16H15FN2O2. The Kier molecular flexibility index (Phi) is 3.33. The van der Waals surface area contributed by atoms with Crippen molar-refractivity contribution in [3.63, 3.8) is 0 Å². The van der Waals surface area contributed by atoms with Crippen molar-refractivity contribution >= 4 is 5.91 Å². The lowest BCUT2D eigenvalue weighted by molar-refractivity contribution is 0.0949. The Morgan fingerprint density at radius 2 is 2.14 bits per heavy atom. The number of hydrogen-bond acceptors (Lipinski definition) is 2. The molecule has 1 fully saturated rings. The van der Waals surface area contributed by atoms with Gasteiger partial charge in [-0.1, -0.05) is 12.1 Å². The fourth-order valence-electron chi connectivity index (χ4n) is 2.46. The van der Waals surface area contributed by atoms with E-state index in [4.69, 9.17) is 0 Å². The Balaban J connectivity index is 1.69. The molecule has 0 spiro atoms. The van der Waals surface area contributed by atoms with Crippen molar-refractivity contribution in [3.05, 3.63) is 69.4 Å². The van der Waals surface area contributed by atoms with Crippen molar-refractivity contribution in [2.75, 3.05) is 0 Å². The number of rotatable bonds is 3. The van der Waals surface area contributed by atoms with E-state index in [9.17, 15) is 14.0 Å². The summed E-state index contributed by atoms with van der Waals surface area (Å²) in [7, 11) is 0. The van der Waals surface area contributed by atoms with Crippen LogP contribution in [-0.4, -0.2) is 16.9 Å². The van der Waals surface area contributed by atoms with E-state index >= 15 is 0 Å². The molecule has 0 aliphatic heterocycles. The Labute approximate surface area is 121 Å². The molecule has 2 N–H and O–H groups in total. The summed E-state index contributed by atoms with van der Waals surface area (Å²) >= 11 is 0. The van der Waals surface area contributed by atoms with Crippen LogP contribution in [0.2, 0.25) is 0 Å². The van der Waals surface area contributed by atoms with Gasteiger partial charge in [0.1, 0.15) is 11.4 Å². The molecule has 0 radical (unpaired) electrons. The smallest absolute Gasteiger partial charge is 0.260 e. The monoisotopic (exact) mass is 286 g/mol. The molecule has 2 atom stereocenters. The number of halogens is 1. The van der Waals surface area contributed by atoms with Gasteiger partial charge in [-0.25, -0.2) is 4.39 Å². The minimum absolute atomic E-state index is 0.0417. The van der Waals surface area contributed by atoms with Gasteiger partial charge in [-0.3, -0.25) is 9.59 Å². The molecule has 2 aromatic rings. The van der Waals surface area contributed by atoms with E-state index in [2.05, 4.69) is 10.3 Å². The van der Waals surface area contributed by atoms with E-state index in [0.29, 0.717) is 5.69 Å². The van der Waals surface area contributed by atoms with Crippen LogP contribution in [0.4, 0.5) is 4.39 Å². The second-order valence-electron chi connectivity index (χ2n) is 5.36. The van der Waals surface area contributed by atoms with E-state index in [0.717, 1.165) is 12.0 Å². The third-order valence-corrected chi connectivity index (χ3v) is 3.68. The van der Waals surface area contributed by atoms with Gasteiger partial charge in [0.15, 0.2) is 0 Å². The van der Waals surface area contributed by atoms with Gasteiger partial charge in [0.25, 0.3) is 11.5 Å². The van der Waals surface area contributed by atoms with Crippen LogP contribution in [0.15, 0.2) is 41.2 Å². The summed E-state index contributed by atoms with van der Waals surface area (Å²) in [5.41, 5.74) is 1.29. The fourth-order valence-corrected chi connectivity index (χ4v) is 2.46. The number of pyridine rings is 1. The van der Waals surface area contributed by atoms with Crippen molar-refractivity contribution in [2.45, 2.75) is 25.3 Å². The molecule has 1 aromatic carbocycles. The average Bonchev–Trinajstić information content (AvgIpc) is 3.17. The molecule has 3 rings (SSSR count). The largest absolute Gasteiger partial charge is 0.348 e. The number of nitrogens with one attached hydrogen (secondary N) is 2. The van der Waals surface area contributed by atoms with Gasteiger partial charge < -0.3 is 10.3 Å². The van der Waals surface area contributed by atoms with Crippen LogP contribution < -0.4 is 10.9 Å². The molecule has 108 valence electrons. The molecule has 1 aromatic heterocycles. The first-order chi connectivity index (χ1) is 10.0. The van der Waals surface area contributed by atoms with Crippen LogP contribution in [0.25, 0.3) is 0 Å². The van der Waals surface area contributed by atoms with Crippen molar-refractivity contribution in [1.82, 2.24) is 10.3 Å². The standard InChI is InChI=1S/C16H15FN2O2/c1-9-5-6-12(15(20)18-9)16(21)19-14-8-13(14)10-3-2-4-11(17)7-10/h2-7,13-14H,8H2,1H3,(H,18,20)(H,19,21)/t13-,14+/m0/s1. The maximum absolute atomic E-state index is 13.2. The predicted octanol–water partition coefficient (Wildman–Crippen LogP) is 2.11. The van der Waals surface area contributed by atoms with E-state index in [1.165, 1.54) is 18.2 Å². The molecule has 0 bridgehead atoms. The molecule has 1 aliphatic rings. The van der Waals surface area contributed by atoms with Crippen molar-refractivity contribution < 1.29 is 9.18 Å². The van der Waals surface area contributed by atoms with Crippen LogP contribution in [0, 0.1) is 12.7 Å². The van der Waals surface area contributed by atoms with Gasteiger partial charge in [0.2, 0.25) is 0 Å². The summed E-state index contributed by atoms with van der Waals surface area (Å²) in [5, 5.41) is 2.82. The lowest BCUT2D eigenvalue weighted by Crippen LogP contribution is -2.31. The summed E-state index contributed by atoms with van der Waals surface area (Å²) < 4.78 is 13.2. The van der Waals surface area contributed by atoms with Crippen molar-refractivity contribution in [3.8, 4) is 0 Å². The van der Waals surface area contributed by atoms with Gasteiger partial charge in [-0.2, -0.15) is 0 Å². The van der Waals surface area contributed by atoms with Crippen LogP contribution in [-0.2, 0) is 0 Å². The third-order valence-electron chi connectivity index (χ3n) is 3.68. The number of benzene rings is 1. The number of carbonyl (C=O) groups is 1. The first-order valence-electron chi connectivity index (χ1n) is 6.81.